The molecule has 0 spiro atoms. The summed E-state index contributed by atoms with van der Waals surface area (Å²) in [6, 6.07) is 0. The Labute approximate surface area is 59.9 Å². The zero-order valence-corrected chi connectivity index (χ0v) is 5.95. The quantitative estimate of drug-likeness (QED) is 0.597. The molecule has 0 saturated carbocycles. The Kier molecular flexibility index (Phi) is 5.32. The van der Waals surface area contributed by atoms with Crippen molar-refractivity contribution in [2.75, 3.05) is 5.88 Å². The van der Waals surface area contributed by atoms with Crippen LogP contribution < -0.4 is 5.32 Å². The minimum absolute atomic E-state index is 0.0225. The van der Waals surface area contributed by atoms with Gasteiger partial charge in [-0.3, -0.25) is 4.79 Å². The number of halogens is 1. The molecule has 0 radical (unpaired) electrons. The standard InChI is InChI=1S/C6H10ClNO/c1-2-8-6(9)4-3-5-7/h2H,1,3-5H2,(H,8,9). The fraction of sp³-hybridized carbons (Fsp3) is 0.500. The van der Waals surface area contributed by atoms with Gasteiger partial charge in [0.15, 0.2) is 0 Å². The number of amides is 1. The summed E-state index contributed by atoms with van der Waals surface area (Å²) in [5.74, 6) is 0.510. The molecular weight excluding hydrogens is 138 g/mol. The Balaban J connectivity index is 3.16. The van der Waals surface area contributed by atoms with Crippen LogP contribution in [0.3, 0.4) is 0 Å². The smallest absolute Gasteiger partial charge is 0.223 e. The van der Waals surface area contributed by atoms with E-state index in [0.717, 1.165) is 6.42 Å². The van der Waals surface area contributed by atoms with Gasteiger partial charge in [-0.05, 0) is 12.6 Å². The van der Waals surface area contributed by atoms with Crippen molar-refractivity contribution < 1.29 is 4.79 Å². The fourth-order valence-electron chi connectivity index (χ4n) is 0.413. The Bertz CT molecular complexity index is 103. The van der Waals surface area contributed by atoms with Crippen LogP contribution in [0.15, 0.2) is 12.8 Å². The molecule has 0 bridgehead atoms. The predicted molar refractivity (Wildman–Crippen MR) is 38.3 cm³/mol. The van der Waals surface area contributed by atoms with Gasteiger partial charge in [-0.15, -0.1) is 11.6 Å². The van der Waals surface area contributed by atoms with E-state index in [2.05, 4.69) is 11.9 Å². The SMILES string of the molecule is C=CNC(=O)CCCCl. The van der Waals surface area contributed by atoms with Crippen molar-refractivity contribution >= 4 is 17.5 Å². The highest BCUT2D eigenvalue weighted by molar-refractivity contribution is 6.17. The molecule has 3 heteroatoms. The highest BCUT2D eigenvalue weighted by atomic mass is 35.5. The summed E-state index contributed by atoms with van der Waals surface area (Å²) in [5.41, 5.74) is 0. The molecule has 0 heterocycles. The lowest BCUT2D eigenvalue weighted by Crippen LogP contribution is -2.15. The first-order chi connectivity index (χ1) is 4.31. The summed E-state index contributed by atoms with van der Waals surface area (Å²) in [5, 5.41) is 2.45. The van der Waals surface area contributed by atoms with Gasteiger partial charge in [0.2, 0.25) is 5.91 Å². The fourth-order valence-corrected chi connectivity index (χ4v) is 0.547. The van der Waals surface area contributed by atoms with Crippen molar-refractivity contribution in [3.05, 3.63) is 12.8 Å². The second-order valence-corrected chi connectivity index (χ2v) is 1.94. The minimum Gasteiger partial charge on any atom is -0.333 e. The first kappa shape index (κ1) is 8.50. The number of rotatable bonds is 4. The minimum atomic E-state index is -0.0225. The topological polar surface area (TPSA) is 29.1 Å². The van der Waals surface area contributed by atoms with Crippen molar-refractivity contribution in [1.82, 2.24) is 5.32 Å². The van der Waals surface area contributed by atoms with E-state index >= 15 is 0 Å². The van der Waals surface area contributed by atoms with Gasteiger partial charge >= 0.3 is 0 Å². The largest absolute Gasteiger partial charge is 0.333 e. The number of nitrogens with one attached hydrogen (secondary N) is 1. The van der Waals surface area contributed by atoms with E-state index in [1.54, 1.807) is 0 Å². The lowest BCUT2D eigenvalue weighted by molar-refractivity contribution is -0.120. The van der Waals surface area contributed by atoms with Gasteiger partial charge in [0, 0.05) is 12.3 Å². The van der Waals surface area contributed by atoms with E-state index in [4.69, 9.17) is 11.6 Å². The first-order valence-corrected chi connectivity index (χ1v) is 3.31. The molecule has 0 aromatic rings. The maximum Gasteiger partial charge on any atom is 0.223 e. The summed E-state index contributed by atoms with van der Waals surface area (Å²) in [4.78, 5) is 10.6. The molecule has 9 heavy (non-hydrogen) atoms. The van der Waals surface area contributed by atoms with Crippen molar-refractivity contribution in [3.8, 4) is 0 Å². The van der Waals surface area contributed by atoms with E-state index in [-0.39, 0.29) is 5.91 Å². The van der Waals surface area contributed by atoms with Gasteiger partial charge in [-0.1, -0.05) is 6.58 Å². The Hall–Kier alpha value is -0.500. The van der Waals surface area contributed by atoms with Crippen LogP contribution in [0.1, 0.15) is 12.8 Å². The molecule has 0 aliphatic heterocycles. The summed E-state index contributed by atoms with van der Waals surface area (Å²) in [6.45, 7) is 3.34. The molecule has 0 aromatic carbocycles. The maximum absolute atomic E-state index is 10.6. The van der Waals surface area contributed by atoms with E-state index < -0.39 is 0 Å². The van der Waals surface area contributed by atoms with E-state index in [1.165, 1.54) is 6.20 Å². The Morgan fingerprint density at radius 3 is 2.89 bits per heavy atom. The first-order valence-electron chi connectivity index (χ1n) is 2.77. The highest BCUT2D eigenvalue weighted by Gasteiger charge is 1.94. The third-order valence-electron chi connectivity index (χ3n) is 0.801. The van der Waals surface area contributed by atoms with Crippen LogP contribution in [-0.2, 0) is 4.79 Å². The molecule has 2 nitrogen and oxygen atoms in total. The summed E-state index contributed by atoms with van der Waals surface area (Å²) >= 11 is 5.34. The number of hydrogen-bond donors (Lipinski definition) is 1. The van der Waals surface area contributed by atoms with Crippen LogP contribution in [0.25, 0.3) is 0 Å². The van der Waals surface area contributed by atoms with Crippen LogP contribution >= 0.6 is 11.6 Å². The van der Waals surface area contributed by atoms with Crippen LogP contribution in [0.4, 0.5) is 0 Å². The van der Waals surface area contributed by atoms with Gasteiger partial charge in [0.25, 0.3) is 0 Å². The van der Waals surface area contributed by atoms with E-state index in [1.807, 2.05) is 0 Å². The van der Waals surface area contributed by atoms with Crippen molar-refractivity contribution in [2.24, 2.45) is 0 Å². The molecule has 0 aliphatic rings. The molecule has 0 saturated heterocycles. The zero-order valence-electron chi connectivity index (χ0n) is 5.19. The normalized spacial score (nSPS) is 8.56. The number of alkyl halides is 1. The third-order valence-corrected chi connectivity index (χ3v) is 1.07. The van der Waals surface area contributed by atoms with Crippen LogP contribution in [0.2, 0.25) is 0 Å². The lowest BCUT2D eigenvalue weighted by atomic mass is 10.3. The van der Waals surface area contributed by atoms with Gasteiger partial charge < -0.3 is 5.32 Å². The molecule has 1 N–H and O–H groups in total. The zero-order chi connectivity index (χ0) is 7.11. The molecule has 0 aromatic heterocycles. The van der Waals surface area contributed by atoms with Gasteiger partial charge in [0.05, 0.1) is 0 Å². The lowest BCUT2D eigenvalue weighted by Gasteiger charge is -1.94. The third kappa shape index (κ3) is 5.37. The van der Waals surface area contributed by atoms with Crippen molar-refractivity contribution in [1.29, 1.82) is 0 Å². The second-order valence-electron chi connectivity index (χ2n) is 1.56. The molecule has 0 fully saturated rings. The van der Waals surface area contributed by atoms with Gasteiger partial charge in [0.1, 0.15) is 0 Å². The van der Waals surface area contributed by atoms with Crippen molar-refractivity contribution in [3.63, 3.8) is 0 Å². The van der Waals surface area contributed by atoms with Crippen LogP contribution in [0.5, 0.6) is 0 Å². The van der Waals surface area contributed by atoms with Crippen molar-refractivity contribution in [2.45, 2.75) is 12.8 Å². The number of carbonyl (C=O) groups excluding carboxylic acids is 1. The molecular formula is C6H10ClNO. The predicted octanol–water partition coefficient (Wildman–Crippen LogP) is 1.27. The van der Waals surface area contributed by atoms with Gasteiger partial charge in [-0.25, -0.2) is 0 Å². The molecule has 52 valence electrons. The monoisotopic (exact) mass is 147 g/mol. The summed E-state index contributed by atoms with van der Waals surface area (Å²) in [7, 11) is 0. The molecule has 0 unspecified atom stereocenters. The molecule has 0 rings (SSSR count). The molecule has 1 amide bonds. The second kappa shape index (κ2) is 5.63. The average molecular weight is 148 g/mol. The van der Waals surface area contributed by atoms with Gasteiger partial charge in [-0.2, -0.15) is 0 Å². The summed E-state index contributed by atoms with van der Waals surface area (Å²) in [6.07, 6.45) is 2.58. The van der Waals surface area contributed by atoms with Crippen LogP contribution in [-0.4, -0.2) is 11.8 Å². The van der Waals surface area contributed by atoms with Crippen LogP contribution in [0, 0.1) is 0 Å². The number of carbonyl (C=O) groups is 1. The average Bonchev–Trinajstić information content (AvgIpc) is 1.85. The molecule has 0 atom stereocenters. The van der Waals surface area contributed by atoms with E-state index in [9.17, 15) is 4.79 Å². The number of hydrogen-bond acceptors (Lipinski definition) is 1. The maximum atomic E-state index is 10.6. The summed E-state index contributed by atoms with van der Waals surface area (Å²) < 4.78 is 0. The highest BCUT2D eigenvalue weighted by Crippen LogP contribution is 1.90. The van der Waals surface area contributed by atoms with E-state index in [0.29, 0.717) is 12.3 Å². The Morgan fingerprint density at radius 2 is 2.44 bits per heavy atom. The Morgan fingerprint density at radius 1 is 1.78 bits per heavy atom. The molecule has 0 aliphatic carbocycles.